The molecule has 3 heterocycles. The number of non-ortho nitro benzene ring substituents is 1. The highest BCUT2D eigenvalue weighted by atomic mass is 16.6. The third-order valence-electron chi connectivity index (χ3n) is 8.43. The van der Waals surface area contributed by atoms with E-state index in [1.54, 1.807) is 42.1 Å². The first-order valence-corrected chi connectivity index (χ1v) is 15.1. The zero-order chi connectivity index (χ0) is 34.7. The Kier molecular flexibility index (Phi) is 10.3. The first-order valence-electron chi connectivity index (χ1n) is 15.1. The van der Waals surface area contributed by atoms with Crippen LogP contribution in [0.2, 0.25) is 0 Å². The van der Waals surface area contributed by atoms with E-state index in [1.165, 1.54) is 35.2 Å². The predicted octanol–water partition coefficient (Wildman–Crippen LogP) is -0.523. The van der Waals surface area contributed by atoms with Crippen molar-refractivity contribution >= 4 is 28.9 Å². The molecule has 1 aromatic heterocycles. The van der Waals surface area contributed by atoms with Gasteiger partial charge in [0.1, 0.15) is 18.3 Å². The molecule has 1 fully saturated rings. The van der Waals surface area contributed by atoms with Crippen LogP contribution in [0.3, 0.4) is 0 Å². The fourth-order valence-electron chi connectivity index (χ4n) is 5.70. The maximum absolute atomic E-state index is 13.9. The molecule has 0 spiro atoms. The van der Waals surface area contributed by atoms with Crippen LogP contribution in [0.4, 0.5) is 17.1 Å². The van der Waals surface area contributed by atoms with Crippen molar-refractivity contribution in [1.29, 1.82) is 0 Å². The maximum Gasteiger partial charge on any atom is 0.269 e. The van der Waals surface area contributed by atoms with Crippen LogP contribution in [0.1, 0.15) is 30.2 Å². The summed E-state index contributed by atoms with van der Waals surface area (Å²) in [5.74, 6) is -2.35. The normalized spacial score (nSPS) is 26.1. The number of hydrogen-bond acceptors (Lipinski definition) is 13. The van der Waals surface area contributed by atoms with Crippen molar-refractivity contribution < 1.29 is 49.9 Å². The van der Waals surface area contributed by atoms with Gasteiger partial charge in [-0.1, -0.05) is 36.4 Å². The number of rotatable bonds is 12. The van der Waals surface area contributed by atoms with Gasteiger partial charge in [0.05, 0.1) is 22.8 Å². The second-order valence-electron chi connectivity index (χ2n) is 11.7. The van der Waals surface area contributed by atoms with E-state index < -0.39 is 59.0 Å². The number of aliphatic hydroxyl groups excluding tert-OH is 5. The molecular weight excluding hydrogens is 632 g/mol. The lowest BCUT2D eigenvalue weighted by Gasteiger charge is -2.37. The van der Waals surface area contributed by atoms with Crippen LogP contribution in [-0.4, -0.2) is 99.7 Å². The number of carbonyl (C=O) groups is 2. The number of amides is 2. The van der Waals surface area contributed by atoms with Gasteiger partial charge < -0.3 is 45.6 Å². The number of benzene rings is 2. The molecule has 0 saturated carbocycles. The summed E-state index contributed by atoms with van der Waals surface area (Å²) in [4.78, 5) is 38.9. The number of aliphatic hydroxyl groups is 6. The summed E-state index contributed by atoms with van der Waals surface area (Å²) in [6, 6.07) is 10.1. The highest BCUT2D eigenvalue weighted by Crippen LogP contribution is 2.47. The molecule has 48 heavy (non-hydrogen) atoms. The third kappa shape index (κ3) is 6.83. The van der Waals surface area contributed by atoms with Crippen molar-refractivity contribution in [2.45, 2.75) is 69.2 Å². The van der Waals surface area contributed by atoms with E-state index in [9.17, 15) is 45.2 Å². The zero-order valence-corrected chi connectivity index (χ0v) is 25.7. The Hall–Kier alpha value is -4.62. The topological polar surface area (TPSA) is 254 Å². The average Bonchev–Trinajstić information content (AvgIpc) is 3.60. The molecule has 0 radical (unpaired) electrons. The number of hydrogen-bond donors (Lipinski definition) is 7. The minimum Gasteiger partial charge on any atom is -0.396 e. The Morgan fingerprint density at radius 2 is 1.88 bits per heavy atom. The van der Waals surface area contributed by atoms with Crippen molar-refractivity contribution in [2.75, 3.05) is 16.8 Å². The molecule has 1 saturated heterocycles. The summed E-state index contributed by atoms with van der Waals surface area (Å²) in [5, 5.41) is 82.4. The fourth-order valence-corrected chi connectivity index (χ4v) is 5.70. The Balaban J connectivity index is 1.30. The number of nitrogens with one attached hydrogen (secondary N) is 1. The Morgan fingerprint density at radius 3 is 2.56 bits per heavy atom. The molecule has 17 heteroatoms. The van der Waals surface area contributed by atoms with E-state index in [0.717, 1.165) is 0 Å². The maximum atomic E-state index is 13.9. The standard InChI is InChI=1S/C31H36N6O11/c1-17(4-2-3-12-35-16-20(11-13-38)33-34-35)31(45)22-14-21(37(46)47)9-10-23(22)36(30(31)44)15-18-5-7-19(8-6-18)32-28(42)27-25(40)24(39)26(41)29(43)48-27/h2,4-10,14,16-17,24-27,29,38-41,43,45H,3,11-13,15H2,1H3,(H,32,42)/b4-2+/t17-,24-,25-,26+,27-,29+,31+/m0/s1. The van der Waals surface area contributed by atoms with Crippen LogP contribution >= 0.6 is 0 Å². The van der Waals surface area contributed by atoms with Gasteiger partial charge in [-0.25, -0.2) is 0 Å². The van der Waals surface area contributed by atoms with E-state index in [1.807, 2.05) is 0 Å². The highest BCUT2D eigenvalue weighted by molar-refractivity contribution is 6.07. The van der Waals surface area contributed by atoms with Gasteiger partial charge in [0, 0.05) is 55.1 Å². The quantitative estimate of drug-likeness (QED) is 0.0729. The minimum absolute atomic E-state index is 0.0280. The van der Waals surface area contributed by atoms with Gasteiger partial charge in [-0.2, -0.15) is 0 Å². The summed E-state index contributed by atoms with van der Waals surface area (Å²) >= 11 is 0. The molecule has 3 aromatic rings. The highest BCUT2D eigenvalue weighted by Gasteiger charge is 2.53. The summed E-state index contributed by atoms with van der Waals surface area (Å²) in [5.41, 5.74) is -0.532. The number of carbonyl (C=O) groups excluding carboxylic acids is 2. The van der Waals surface area contributed by atoms with Crippen LogP contribution in [0.5, 0.6) is 0 Å². The minimum atomic E-state index is -2.11. The van der Waals surface area contributed by atoms with Crippen molar-refractivity contribution in [3.63, 3.8) is 0 Å². The summed E-state index contributed by atoms with van der Waals surface area (Å²) in [7, 11) is 0. The molecule has 2 aliphatic heterocycles. The first kappa shape index (κ1) is 34.7. The van der Waals surface area contributed by atoms with Crippen LogP contribution in [-0.2, 0) is 39.4 Å². The Morgan fingerprint density at radius 1 is 1.15 bits per heavy atom. The number of nitro benzene ring substituents is 1. The Labute approximate surface area is 273 Å². The fraction of sp³-hybridized carbons (Fsp3) is 0.419. The van der Waals surface area contributed by atoms with Crippen LogP contribution in [0, 0.1) is 16.0 Å². The van der Waals surface area contributed by atoms with Gasteiger partial charge in [-0.15, -0.1) is 5.10 Å². The van der Waals surface area contributed by atoms with E-state index in [0.29, 0.717) is 36.3 Å². The van der Waals surface area contributed by atoms with Gasteiger partial charge in [0.15, 0.2) is 18.0 Å². The van der Waals surface area contributed by atoms with E-state index in [2.05, 4.69) is 15.6 Å². The number of aryl methyl sites for hydroxylation is 1. The van der Waals surface area contributed by atoms with Gasteiger partial charge in [0.25, 0.3) is 17.5 Å². The molecule has 0 aliphatic carbocycles. The number of fused-ring (bicyclic) bond motifs is 1. The molecule has 2 amide bonds. The van der Waals surface area contributed by atoms with E-state index >= 15 is 0 Å². The number of aromatic nitrogens is 3. The van der Waals surface area contributed by atoms with Crippen molar-refractivity contribution in [1.82, 2.24) is 15.0 Å². The average molecular weight is 669 g/mol. The van der Waals surface area contributed by atoms with Gasteiger partial charge >= 0.3 is 0 Å². The molecule has 0 unspecified atom stereocenters. The van der Waals surface area contributed by atoms with E-state index in [4.69, 9.17) is 9.84 Å². The molecule has 0 bridgehead atoms. The summed E-state index contributed by atoms with van der Waals surface area (Å²) < 4.78 is 6.56. The molecule has 7 atom stereocenters. The molecular formula is C31H36N6O11. The second-order valence-corrected chi connectivity index (χ2v) is 11.7. The molecule has 2 aliphatic rings. The summed E-state index contributed by atoms with van der Waals surface area (Å²) in [6.07, 6.45) is -2.92. The monoisotopic (exact) mass is 668 g/mol. The van der Waals surface area contributed by atoms with Crippen molar-refractivity contribution in [3.8, 4) is 0 Å². The Bertz CT molecular complexity index is 1680. The lowest BCUT2D eigenvalue weighted by molar-refractivity contribution is -0.385. The number of ether oxygens (including phenoxy) is 1. The van der Waals surface area contributed by atoms with Gasteiger partial charge in [-0.3, -0.25) is 24.4 Å². The number of nitro groups is 1. The number of allylic oxidation sites excluding steroid dienone is 1. The molecule has 2 aromatic carbocycles. The van der Waals surface area contributed by atoms with Crippen LogP contribution in [0.15, 0.2) is 60.8 Å². The lowest BCUT2D eigenvalue weighted by atomic mass is 9.82. The lowest BCUT2D eigenvalue weighted by Crippen LogP contribution is -2.60. The SMILES string of the molecule is C[C@@H](/C=C/CCn1cc(CCO)nn1)[C@]1(O)C(=O)N(Cc2ccc(NC(=O)[C@H]3O[C@@H](O)[C@H](O)[C@@H](O)[C@@H]3O)cc2)c2ccc([N+](=O)[O-])cc21. The molecule has 17 nitrogen and oxygen atoms in total. The molecule has 256 valence electrons. The van der Waals surface area contributed by atoms with Crippen molar-refractivity contribution in [2.24, 2.45) is 5.92 Å². The van der Waals surface area contributed by atoms with Crippen molar-refractivity contribution in [3.05, 3.63) is 87.7 Å². The molecule has 7 N–H and O–H groups in total. The predicted molar refractivity (Wildman–Crippen MR) is 166 cm³/mol. The van der Waals surface area contributed by atoms with Gasteiger partial charge in [0.2, 0.25) is 0 Å². The summed E-state index contributed by atoms with van der Waals surface area (Å²) in [6.45, 7) is 2.02. The van der Waals surface area contributed by atoms with Gasteiger partial charge in [-0.05, 0) is 30.2 Å². The van der Waals surface area contributed by atoms with Crippen LogP contribution in [0.25, 0.3) is 0 Å². The number of anilines is 2. The molecule has 5 rings (SSSR count). The van der Waals surface area contributed by atoms with Crippen LogP contribution < -0.4 is 10.2 Å². The smallest absolute Gasteiger partial charge is 0.269 e. The zero-order valence-electron chi connectivity index (χ0n) is 25.7. The largest absolute Gasteiger partial charge is 0.396 e. The number of nitrogens with zero attached hydrogens (tertiary/aromatic N) is 5. The first-order chi connectivity index (χ1) is 22.8. The van der Waals surface area contributed by atoms with E-state index in [-0.39, 0.29) is 30.1 Å². The third-order valence-corrected chi connectivity index (χ3v) is 8.43. The second kappa shape index (κ2) is 14.2.